The number of esters is 1. The topological polar surface area (TPSA) is 63.7 Å². The highest BCUT2D eigenvalue weighted by molar-refractivity contribution is 8.00. The van der Waals surface area contributed by atoms with E-state index >= 15 is 0 Å². The summed E-state index contributed by atoms with van der Waals surface area (Å²) in [5.74, 6) is -0.806. The van der Waals surface area contributed by atoms with Crippen LogP contribution in [0.5, 0.6) is 0 Å². The highest BCUT2D eigenvalue weighted by Crippen LogP contribution is 2.37. The summed E-state index contributed by atoms with van der Waals surface area (Å²) in [6.07, 6.45) is 2.44. The first-order chi connectivity index (χ1) is 13.0. The van der Waals surface area contributed by atoms with Gasteiger partial charge in [-0.3, -0.25) is 9.00 Å². The number of amides is 1. The molecule has 0 N–H and O–H groups in total. The van der Waals surface area contributed by atoms with Crippen LogP contribution in [0.1, 0.15) is 23.7 Å². The first-order valence-electron chi connectivity index (χ1n) is 8.62. The number of fused-ring (bicyclic) bond motifs is 1. The number of para-hydroxylation sites is 1. The van der Waals surface area contributed by atoms with Crippen LogP contribution in [-0.4, -0.2) is 40.7 Å². The van der Waals surface area contributed by atoms with Crippen molar-refractivity contribution in [3.05, 3.63) is 54.1 Å². The maximum atomic E-state index is 12.7. The van der Waals surface area contributed by atoms with E-state index in [0.717, 1.165) is 17.0 Å². The molecule has 0 spiro atoms. The Bertz CT molecular complexity index is 867. The highest BCUT2D eigenvalue weighted by Gasteiger charge is 2.25. The molecule has 5 nitrogen and oxygen atoms in total. The van der Waals surface area contributed by atoms with Gasteiger partial charge >= 0.3 is 5.97 Å². The molecule has 2 aromatic rings. The average molecular weight is 404 g/mol. The average Bonchev–Trinajstić information content (AvgIpc) is 2.84. The van der Waals surface area contributed by atoms with Crippen LogP contribution in [0.4, 0.5) is 5.69 Å². The molecule has 142 valence electrons. The van der Waals surface area contributed by atoms with Gasteiger partial charge in [0.15, 0.2) is 6.61 Å². The van der Waals surface area contributed by atoms with E-state index in [2.05, 4.69) is 6.92 Å². The molecule has 0 aromatic heterocycles. The summed E-state index contributed by atoms with van der Waals surface area (Å²) in [4.78, 5) is 28.3. The zero-order valence-corrected chi connectivity index (χ0v) is 16.8. The molecule has 0 fully saturated rings. The number of hydrogen-bond donors (Lipinski definition) is 0. The van der Waals surface area contributed by atoms with Crippen LogP contribution in [0.3, 0.4) is 0 Å². The molecule has 1 aliphatic heterocycles. The molecule has 0 saturated heterocycles. The van der Waals surface area contributed by atoms with Crippen molar-refractivity contribution in [1.29, 1.82) is 0 Å². The maximum absolute atomic E-state index is 12.7. The third-order valence-electron chi connectivity index (χ3n) is 4.29. The van der Waals surface area contributed by atoms with Crippen molar-refractivity contribution in [2.75, 3.05) is 24.3 Å². The molecule has 2 aromatic carbocycles. The minimum atomic E-state index is -1.11. The molecular weight excluding hydrogens is 382 g/mol. The van der Waals surface area contributed by atoms with Crippen molar-refractivity contribution in [2.24, 2.45) is 0 Å². The van der Waals surface area contributed by atoms with Crippen LogP contribution in [0.2, 0.25) is 0 Å². The molecule has 3 rings (SSSR count). The molecule has 0 saturated carbocycles. The predicted octanol–water partition coefficient (Wildman–Crippen LogP) is 3.50. The Balaban J connectivity index is 1.67. The van der Waals surface area contributed by atoms with Crippen LogP contribution in [0.15, 0.2) is 58.3 Å². The van der Waals surface area contributed by atoms with E-state index < -0.39 is 16.8 Å². The number of nitrogens with zero attached hydrogens (tertiary/aromatic N) is 1. The summed E-state index contributed by atoms with van der Waals surface area (Å²) in [5, 5.41) is 0.411. The lowest BCUT2D eigenvalue weighted by Crippen LogP contribution is -2.35. The van der Waals surface area contributed by atoms with E-state index in [1.54, 1.807) is 47.2 Å². The maximum Gasteiger partial charge on any atom is 0.338 e. The molecule has 27 heavy (non-hydrogen) atoms. The quantitative estimate of drug-likeness (QED) is 0.731. The van der Waals surface area contributed by atoms with E-state index in [-0.39, 0.29) is 12.5 Å². The number of anilines is 1. The van der Waals surface area contributed by atoms with E-state index in [4.69, 9.17) is 4.74 Å². The fourth-order valence-corrected chi connectivity index (χ4v) is 4.45. The standard InChI is InChI=1S/C20H21NO4S2/c1-14-11-12-21(17-5-3-4-6-18(17)26-14)19(22)13-25-20(23)15-7-9-16(10-8-15)27(2)24/h3-10,14H,11-13H2,1-2H3/t14-,27+/m0/s1. The molecule has 1 amide bonds. The number of ether oxygens (including phenoxy) is 1. The number of benzene rings is 2. The molecule has 1 heterocycles. The largest absolute Gasteiger partial charge is 0.452 e. The second kappa shape index (κ2) is 8.71. The fraction of sp³-hybridized carbons (Fsp3) is 0.300. The van der Waals surface area contributed by atoms with Crippen molar-refractivity contribution in [3.63, 3.8) is 0 Å². The molecule has 0 aliphatic carbocycles. The van der Waals surface area contributed by atoms with Crippen LogP contribution in [0.25, 0.3) is 0 Å². The van der Waals surface area contributed by atoms with Gasteiger partial charge in [-0.15, -0.1) is 11.8 Å². The fourth-order valence-electron chi connectivity index (χ4n) is 2.82. The first kappa shape index (κ1) is 19.6. The number of thioether (sulfide) groups is 1. The van der Waals surface area contributed by atoms with Gasteiger partial charge in [0.2, 0.25) is 0 Å². The molecule has 0 unspecified atom stereocenters. The number of rotatable bonds is 4. The molecule has 7 heteroatoms. The van der Waals surface area contributed by atoms with Gasteiger partial charge in [0.1, 0.15) is 0 Å². The zero-order valence-electron chi connectivity index (χ0n) is 15.2. The van der Waals surface area contributed by atoms with Gasteiger partial charge in [0.25, 0.3) is 5.91 Å². The molecule has 0 radical (unpaired) electrons. The highest BCUT2D eigenvalue weighted by atomic mass is 32.2. The Morgan fingerprint density at radius 1 is 1.19 bits per heavy atom. The Morgan fingerprint density at radius 3 is 2.59 bits per heavy atom. The third kappa shape index (κ3) is 4.78. The van der Waals surface area contributed by atoms with Crippen molar-refractivity contribution in [3.8, 4) is 0 Å². The SMILES string of the molecule is C[C@H]1CCN(C(=O)COC(=O)c2ccc([S@@](C)=O)cc2)c2ccccc2S1. The Kier molecular flexibility index (Phi) is 6.34. The van der Waals surface area contributed by atoms with Gasteiger partial charge in [-0.1, -0.05) is 19.1 Å². The second-order valence-electron chi connectivity index (χ2n) is 6.28. The Labute approximate surface area is 165 Å². The zero-order chi connectivity index (χ0) is 19.4. The normalized spacial score (nSPS) is 17.6. The Morgan fingerprint density at radius 2 is 1.89 bits per heavy atom. The van der Waals surface area contributed by atoms with E-state index in [0.29, 0.717) is 22.3 Å². The number of carbonyl (C=O) groups is 2. The second-order valence-corrected chi connectivity index (χ2v) is 9.14. The van der Waals surface area contributed by atoms with Gasteiger partial charge in [-0.2, -0.15) is 0 Å². The summed E-state index contributed by atoms with van der Waals surface area (Å²) < 4.78 is 16.6. The summed E-state index contributed by atoms with van der Waals surface area (Å²) >= 11 is 1.75. The van der Waals surface area contributed by atoms with Gasteiger partial charge in [-0.25, -0.2) is 4.79 Å². The molecule has 1 aliphatic rings. The summed E-state index contributed by atoms with van der Waals surface area (Å²) in [7, 11) is -1.11. The lowest BCUT2D eigenvalue weighted by atomic mass is 10.2. The van der Waals surface area contributed by atoms with Crippen molar-refractivity contribution < 1.29 is 18.5 Å². The van der Waals surface area contributed by atoms with Crippen LogP contribution < -0.4 is 4.90 Å². The van der Waals surface area contributed by atoms with Crippen molar-refractivity contribution in [2.45, 2.75) is 28.4 Å². The monoisotopic (exact) mass is 403 g/mol. The van der Waals surface area contributed by atoms with E-state index in [1.165, 1.54) is 0 Å². The summed E-state index contributed by atoms with van der Waals surface area (Å²) in [6, 6.07) is 14.2. The third-order valence-corrected chi connectivity index (χ3v) is 6.47. The van der Waals surface area contributed by atoms with E-state index in [1.807, 2.05) is 24.3 Å². The molecule has 2 atom stereocenters. The molecule has 0 bridgehead atoms. The number of hydrogen-bond acceptors (Lipinski definition) is 5. The van der Waals surface area contributed by atoms with Gasteiger partial charge in [-0.05, 0) is 42.8 Å². The van der Waals surface area contributed by atoms with Gasteiger partial charge in [0, 0.05) is 38.6 Å². The van der Waals surface area contributed by atoms with Gasteiger partial charge in [0.05, 0.1) is 11.3 Å². The summed E-state index contributed by atoms with van der Waals surface area (Å²) in [6.45, 7) is 2.43. The van der Waals surface area contributed by atoms with Crippen molar-refractivity contribution in [1.82, 2.24) is 0 Å². The van der Waals surface area contributed by atoms with Gasteiger partial charge < -0.3 is 9.64 Å². The van der Waals surface area contributed by atoms with Crippen LogP contribution in [-0.2, 0) is 20.3 Å². The van der Waals surface area contributed by atoms with Crippen LogP contribution in [0, 0.1) is 0 Å². The smallest absolute Gasteiger partial charge is 0.338 e. The number of carbonyl (C=O) groups excluding carboxylic acids is 2. The minimum Gasteiger partial charge on any atom is -0.452 e. The Hall–Kier alpha value is -2.12. The van der Waals surface area contributed by atoms with E-state index in [9.17, 15) is 13.8 Å². The van der Waals surface area contributed by atoms with Crippen LogP contribution >= 0.6 is 11.8 Å². The first-order valence-corrected chi connectivity index (χ1v) is 11.1. The minimum absolute atomic E-state index is 0.239. The summed E-state index contributed by atoms with van der Waals surface area (Å²) in [5.41, 5.74) is 1.19. The molecular formula is C20H21NO4S2. The van der Waals surface area contributed by atoms with Crippen molar-refractivity contribution >= 4 is 40.1 Å². The lowest BCUT2D eigenvalue weighted by Gasteiger charge is -2.22. The lowest BCUT2D eigenvalue weighted by molar-refractivity contribution is -0.121. The predicted molar refractivity (Wildman–Crippen MR) is 108 cm³/mol.